The Bertz CT molecular complexity index is 1110. The molecular weight excluding hydrogens is 440 g/mol. The van der Waals surface area contributed by atoms with Crippen molar-refractivity contribution in [1.82, 2.24) is 0 Å². The summed E-state index contributed by atoms with van der Waals surface area (Å²) in [6.45, 7) is 6.57. The molecule has 5 rings (SSSR count). The van der Waals surface area contributed by atoms with Gasteiger partial charge in [0.05, 0.1) is 9.75 Å². The Morgan fingerprint density at radius 3 is 1.44 bits per heavy atom. The van der Waals surface area contributed by atoms with Gasteiger partial charge in [0, 0.05) is 9.75 Å². The fourth-order valence-corrected chi connectivity index (χ4v) is 5.59. The van der Waals surface area contributed by atoms with Crippen LogP contribution in [0.1, 0.15) is 19.5 Å². The van der Waals surface area contributed by atoms with Gasteiger partial charge < -0.3 is 18.9 Å². The third-order valence-corrected chi connectivity index (χ3v) is 7.25. The van der Waals surface area contributed by atoms with Crippen LogP contribution in [-0.4, -0.2) is 26.4 Å². The van der Waals surface area contributed by atoms with Crippen LogP contribution in [-0.2, 0) is 0 Å². The molecule has 0 saturated heterocycles. The summed E-state index contributed by atoms with van der Waals surface area (Å²) in [7, 11) is 0. The van der Waals surface area contributed by atoms with E-state index in [4.69, 9.17) is 18.9 Å². The molecule has 0 spiro atoms. The lowest BCUT2D eigenvalue weighted by atomic mass is 10.1. The second kappa shape index (κ2) is 9.27. The first-order valence-corrected chi connectivity index (χ1v) is 12.2. The minimum atomic E-state index is 0.601. The predicted octanol–water partition coefficient (Wildman–Crippen LogP) is 6.67. The van der Waals surface area contributed by atoms with Crippen molar-refractivity contribution in [1.29, 1.82) is 0 Å². The second-order valence-corrected chi connectivity index (χ2v) is 9.99. The molecule has 0 fully saturated rings. The van der Waals surface area contributed by atoms with E-state index in [0.717, 1.165) is 53.7 Å². The molecule has 0 unspecified atom stereocenters. The first-order valence-electron chi connectivity index (χ1n) is 10.6. The van der Waals surface area contributed by atoms with E-state index in [9.17, 15) is 0 Å². The molecule has 2 aromatic rings. The predicted molar refractivity (Wildman–Crippen MR) is 133 cm³/mol. The lowest BCUT2D eigenvalue weighted by molar-refractivity contribution is 0.172. The highest BCUT2D eigenvalue weighted by Crippen LogP contribution is 2.45. The summed E-state index contributed by atoms with van der Waals surface area (Å²) in [6.07, 6.45) is 21.0. The first-order chi connectivity index (χ1) is 15.7. The Labute approximate surface area is 196 Å². The zero-order valence-corrected chi connectivity index (χ0v) is 19.7. The van der Waals surface area contributed by atoms with Gasteiger partial charge in [-0.3, -0.25) is 0 Å². The van der Waals surface area contributed by atoms with Crippen molar-refractivity contribution in [3.05, 3.63) is 79.3 Å². The van der Waals surface area contributed by atoms with E-state index in [2.05, 4.69) is 74.6 Å². The standard InChI is InChI=1S/C26H24O4S2/c1-17-23-25(29-15-13-27-23)21(31-17)11-9-19-5-3-7-20(8-4-6-19)10-12-22-26-24(18(2)32-22)28-14-16-30-26/h3-12H,13-16H2,1-2H3/b5-3-,6-4?,7-3?,8-4-,11-9+,12-10+,19-5?,19-6-,20-7-,20-8?. The van der Waals surface area contributed by atoms with Crippen LogP contribution in [0.3, 0.4) is 0 Å². The fraction of sp³-hybridized carbons (Fsp3) is 0.231. The highest BCUT2D eigenvalue weighted by Gasteiger charge is 2.21. The molecule has 2 aromatic heterocycles. The van der Waals surface area contributed by atoms with Gasteiger partial charge in [-0.1, -0.05) is 48.6 Å². The van der Waals surface area contributed by atoms with E-state index in [1.54, 1.807) is 22.7 Å². The Kier molecular flexibility index (Phi) is 6.06. The van der Waals surface area contributed by atoms with Crippen molar-refractivity contribution in [2.45, 2.75) is 13.8 Å². The summed E-state index contributed by atoms with van der Waals surface area (Å²) >= 11 is 3.40. The zero-order valence-electron chi connectivity index (χ0n) is 18.1. The van der Waals surface area contributed by atoms with Crippen LogP contribution in [0.2, 0.25) is 0 Å². The summed E-state index contributed by atoms with van der Waals surface area (Å²) < 4.78 is 23.1. The van der Waals surface area contributed by atoms with Crippen LogP contribution < -0.4 is 18.9 Å². The van der Waals surface area contributed by atoms with E-state index in [-0.39, 0.29) is 0 Å². The van der Waals surface area contributed by atoms with Gasteiger partial charge in [-0.05, 0) is 37.1 Å². The molecule has 4 heterocycles. The third kappa shape index (κ3) is 4.33. The van der Waals surface area contributed by atoms with Gasteiger partial charge >= 0.3 is 0 Å². The fourth-order valence-electron chi connectivity index (χ4n) is 3.68. The van der Waals surface area contributed by atoms with Crippen molar-refractivity contribution in [2.75, 3.05) is 26.4 Å². The second-order valence-electron chi connectivity index (χ2n) is 7.47. The van der Waals surface area contributed by atoms with Gasteiger partial charge in [-0.15, -0.1) is 22.7 Å². The van der Waals surface area contributed by atoms with Crippen LogP contribution in [0, 0.1) is 13.8 Å². The highest BCUT2D eigenvalue weighted by molar-refractivity contribution is 7.14. The van der Waals surface area contributed by atoms with Crippen LogP contribution >= 0.6 is 22.7 Å². The molecule has 0 amide bonds. The van der Waals surface area contributed by atoms with E-state index in [0.29, 0.717) is 26.4 Å². The number of aryl methyl sites for hydroxylation is 2. The van der Waals surface area contributed by atoms with Gasteiger partial charge in [-0.2, -0.15) is 0 Å². The summed E-state index contributed by atoms with van der Waals surface area (Å²) in [4.78, 5) is 4.50. The van der Waals surface area contributed by atoms with Crippen molar-refractivity contribution in [3.63, 3.8) is 0 Å². The molecular formula is C26H24O4S2. The maximum absolute atomic E-state index is 5.82. The highest BCUT2D eigenvalue weighted by atomic mass is 32.1. The number of fused-ring (bicyclic) bond motifs is 2. The smallest absolute Gasteiger partial charge is 0.179 e. The normalized spacial score (nSPS) is 22.7. The quantitative estimate of drug-likeness (QED) is 0.506. The Morgan fingerprint density at radius 2 is 1.00 bits per heavy atom. The molecule has 0 atom stereocenters. The summed E-state index contributed by atoms with van der Waals surface area (Å²) in [5.41, 5.74) is 2.23. The number of rotatable bonds is 4. The third-order valence-electron chi connectivity index (χ3n) is 5.19. The maximum Gasteiger partial charge on any atom is 0.179 e. The molecule has 0 N–H and O–H groups in total. The van der Waals surface area contributed by atoms with E-state index in [1.807, 2.05) is 0 Å². The zero-order chi connectivity index (χ0) is 21.9. The molecule has 0 saturated carbocycles. The SMILES string of the molecule is Cc1sc(/C=C/C2=C\C=C/C(/C=C/c3sc(C)c4c3OCCO4)=C/C=C\2)c2c1OCCO2. The largest absolute Gasteiger partial charge is 0.485 e. The molecule has 2 aliphatic heterocycles. The van der Waals surface area contributed by atoms with Crippen LogP contribution in [0.25, 0.3) is 12.2 Å². The van der Waals surface area contributed by atoms with Gasteiger partial charge in [0.1, 0.15) is 26.4 Å². The van der Waals surface area contributed by atoms with E-state index >= 15 is 0 Å². The average Bonchev–Trinajstić information content (AvgIpc) is 3.29. The monoisotopic (exact) mass is 464 g/mol. The minimum absolute atomic E-state index is 0.601. The van der Waals surface area contributed by atoms with Crippen molar-refractivity contribution >= 4 is 34.8 Å². The number of thiophene rings is 2. The van der Waals surface area contributed by atoms with Crippen LogP contribution in [0.4, 0.5) is 0 Å². The number of allylic oxidation sites excluding steroid dienone is 10. The van der Waals surface area contributed by atoms with Gasteiger partial charge in [0.2, 0.25) is 0 Å². The van der Waals surface area contributed by atoms with Crippen LogP contribution in [0.5, 0.6) is 23.0 Å². The number of ether oxygens (including phenoxy) is 4. The average molecular weight is 465 g/mol. The summed E-state index contributed by atoms with van der Waals surface area (Å²) in [5.74, 6) is 3.52. The molecule has 0 aromatic carbocycles. The van der Waals surface area contributed by atoms with Gasteiger partial charge in [0.15, 0.2) is 23.0 Å². The molecule has 0 radical (unpaired) electrons. The molecule has 164 valence electrons. The Hall–Kier alpha value is -2.96. The molecule has 32 heavy (non-hydrogen) atoms. The molecule has 3 aliphatic rings. The maximum atomic E-state index is 5.82. The van der Waals surface area contributed by atoms with Gasteiger partial charge in [0.25, 0.3) is 0 Å². The van der Waals surface area contributed by atoms with Gasteiger partial charge in [-0.25, -0.2) is 0 Å². The number of hydrogen-bond donors (Lipinski definition) is 0. The molecule has 6 heteroatoms. The van der Waals surface area contributed by atoms with E-state index < -0.39 is 0 Å². The first kappa shape index (κ1) is 20.9. The molecule has 1 aliphatic carbocycles. The minimum Gasteiger partial charge on any atom is -0.485 e. The van der Waals surface area contributed by atoms with E-state index in [1.165, 1.54) is 0 Å². The summed E-state index contributed by atoms with van der Waals surface area (Å²) in [6, 6.07) is 0. The Balaban J connectivity index is 1.29. The van der Waals surface area contributed by atoms with Crippen molar-refractivity contribution < 1.29 is 18.9 Å². The Morgan fingerprint density at radius 1 is 0.594 bits per heavy atom. The van der Waals surface area contributed by atoms with Crippen molar-refractivity contribution in [3.8, 4) is 23.0 Å². The van der Waals surface area contributed by atoms with Crippen molar-refractivity contribution in [2.24, 2.45) is 0 Å². The molecule has 0 bridgehead atoms. The molecule has 4 nitrogen and oxygen atoms in total. The number of hydrogen-bond acceptors (Lipinski definition) is 6. The lowest BCUT2D eigenvalue weighted by Crippen LogP contribution is -2.14. The lowest BCUT2D eigenvalue weighted by Gasteiger charge is -2.16. The summed E-state index contributed by atoms with van der Waals surface area (Å²) in [5, 5.41) is 0. The van der Waals surface area contributed by atoms with Crippen LogP contribution in [0.15, 0.2) is 59.8 Å². The topological polar surface area (TPSA) is 36.9 Å².